The summed E-state index contributed by atoms with van der Waals surface area (Å²) < 4.78 is 5.17. The molecule has 0 radical (unpaired) electrons. The van der Waals surface area contributed by atoms with Crippen molar-refractivity contribution in [2.24, 2.45) is 22.9 Å². The van der Waals surface area contributed by atoms with E-state index in [-0.39, 0.29) is 5.75 Å². The molecule has 4 nitrogen and oxygen atoms in total. The summed E-state index contributed by atoms with van der Waals surface area (Å²) in [5.41, 5.74) is 6.43. The van der Waals surface area contributed by atoms with Crippen LogP contribution in [-0.4, -0.2) is 18.4 Å². The van der Waals surface area contributed by atoms with Crippen molar-refractivity contribution in [1.82, 2.24) is 0 Å². The van der Waals surface area contributed by atoms with E-state index >= 15 is 0 Å². The molecule has 4 aliphatic carbocycles. The highest BCUT2D eigenvalue weighted by molar-refractivity contribution is 5.84. The van der Waals surface area contributed by atoms with Crippen molar-refractivity contribution in [2.75, 3.05) is 12.5 Å². The molecule has 2 N–H and O–H groups in total. The maximum Gasteiger partial charge on any atom is 0.124 e. The van der Waals surface area contributed by atoms with E-state index in [1.54, 1.807) is 13.3 Å². The zero-order valence-electron chi connectivity index (χ0n) is 16.4. The lowest BCUT2D eigenvalue weighted by Crippen LogP contribution is -2.48. The molecular formula is C24H28N2O2. The summed E-state index contributed by atoms with van der Waals surface area (Å²) in [5.74, 6) is 3.83. The minimum Gasteiger partial charge on any atom is -0.507 e. The van der Waals surface area contributed by atoms with Crippen LogP contribution in [0.4, 0.5) is 5.69 Å². The first kappa shape index (κ1) is 17.6. The van der Waals surface area contributed by atoms with Crippen LogP contribution >= 0.6 is 0 Å². The Morgan fingerprint density at radius 3 is 2.25 bits per heavy atom. The van der Waals surface area contributed by atoms with Crippen molar-refractivity contribution in [3.63, 3.8) is 0 Å². The summed E-state index contributed by atoms with van der Waals surface area (Å²) in [5, 5.41) is 14.7. The summed E-state index contributed by atoms with van der Waals surface area (Å²) in [4.78, 5) is 0. The number of hydrogen-bond donors (Lipinski definition) is 2. The maximum absolute atomic E-state index is 10.3. The van der Waals surface area contributed by atoms with Gasteiger partial charge in [0.25, 0.3) is 0 Å². The first-order valence-electron chi connectivity index (χ1n) is 10.4. The van der Waals surface area contributed by atoms with Crippen LogP contribution in [0.25, 0.3) is 0 Å². The van der Waals surface area contributed by atoms with Gasteiger partial charge in [-0.1, -0.05) is 6.07 Å². The molecule has 4 aliphatic rings. The Bertz CT molecular complexity index is 853. The molecule has 0 atom stereocenters. The van der Waals surface area contributed by atoms with Crippen LogP contribution < -0.4 is 10.2 Å². The van der Waals surface area contributed by atoms with Gasteiger partial charge in [-0.15, -0.1) is 0 Å². The SMILES string of the molecule is COc1ccc(NN=Cc2cc(C34CC5CC(CC(C5)C3)C4)ccc2O)cc1. The van der Waals surface area contributed by atoms with Crippen LogP contribution in [0, 0.1) is 17.8 Å². The van der Waals surface area contributed by atoms with E-state index in [0.29, 0.717) is 5.41 Å². The molecule has 4 saturated carbocycles. The van der Waals surface area contributed by atoms with Crippen LogP contribution in [0.3, 0.4) is 0 Å². The van der Waals surface area contributed by atoms with Gasteiger partial charge < -0.3 is 9.84 Å². The van der Waals surface area contributed by atoms with Crippen LogP contribution in [0.15, 0.2) is 47.6 Å². The molecule has 0 aliphatic heterocycles. The van der Waals surface area contributed by atoms with Crippen molar-refractivity contribution >= 4 is 11.9 Å². The fraction of sp³-hybridized carbons (Fsp3) is 0.458. The molecule has 4 fully saturated rings. The molecule has 6 rings (SSSR count). The molecule has 2 aromatic rings. The minimum absolute atomic E-state index is 0.286. The van der Waals surface area contributed by atoms with Crippen molar-refractivity contribution < 1.29 is 9.84 Å². The standard InChI is InChI=1S/C24H28N2O2/c1-28-22-5-3-21(4-6-22)26-25-15-19-11-20(2-7-23(19)27)24-12-16-8-17(13-24)10-18(9-16)14-24/h2-7,11,15-18,26-27H,8-10,12-14H2,1H3. The average molecular weight is 377 g/mol. The topological polar surface area (TPSA) is 53.8 Å². The number of phenolic OH excluding ortho intramolecular Hbond substituents is 1. The van der Waals surface area contributed by atoms with Crippen molar-refractivity contribution in [3.8, 4) is 11.5 Å². The summed E-state index contributed by atoms with van der Waals surface area (Å²) in [6, 6.07) is 13.8. The van der Waals surface area contributed by atoms with Crippen LogP contribution in [0.2, 0.25) is 0 Å². The Labute approximate surface area is 166 Å². The molecule has 146 valence electrons. The molecule has 0 unspecified atom stereocenters. The number of nitrogens with zero attached hydrogens (tertiary/aromatic N) is 1. The monoisotopic (exact) mass is 376 g/mol. The largest absolute Gasteiger partial charge is 0.507 e. The summed E-state index contributed by atoms with van der Waals surface area (Å²) in [6.45, 7) is 0. The number of phenols is 1. The second-order valence-corrected chi connectivity index (χ2v) is 9.07. The number of hydrogen-bond acceptors (Lipinski definition) is 4. The Morgan fingerprint density at radius 2 is 1.64 bits per heavy atom. The van der Waals surface area contributed by atoms with Gasteiger partial charge >= 0.3 is 0 Å². The maximum atomic E-state index is 10.3. The first-order valence-corrected chi connectivity index (χ1v) is 10.4. The molecule has 4 bridgehead atoms. The van der Waals surface area contributed by atoms with Crippen molar-refractivity contribution in [1.29, 1.82) is 0 Å². The molecule has 0 spiro atoms. The third-order valence-electron chi connectivity index (χ3n) is 7.17. The fourth-order valence-electron chi connectivity index (χ4n) is 6.29. The lowest BCUT2D eigenvalue weighted by molar-refractivity contribution is -0.00520. The molecule has 4 heteroatoms. The molecule has 0 saturated heterocycles. The quantitative estimate of drug-likeness (QED) is 0.549. The highest BCUT2D eigenvalue weighted by Crippen LogP contribution is 2.60. The van der Waals surface area contributed by atoms with Crippen molar-refractivity contribution in [3.05, 3.63) is 53.6 Å². The van der Waals surface area contributed by atoms with E-state index in [1.165, 1.54) is 44.1 Å². The van der Waals surface area contributed by atoms with E-state index in [4.69, 9.17) is 4.74 Å². The van der Waals surface area contributed by atoms with Gasteiger partial charge in [-0.05, 0) is 104 Å². The van der Waals surface area contributed by atoms with Gasteiger partial charge in [0, 0.05) is 5.56 Å². The fourth-order valence-corrected chi connectivity index (χ4v) is 6.29. The predicted octanol–water partition coefficient (Wildman–Crippen LogP) is 5.31. The number of ether oxygens (including phenoxy) is 1. The number of benzene rings is 2. The first-order chi connectivity index (χ1) is 13.6. The number of rotatable bonds is 5. The van der Waals surface area contributed by atoms with E-state index in [0.717, 1.165) is 34.8 Å². The predicted molar refractivity (Wildman–Crippen MR) is 112 cm³/mol. The number of aromatic hydroxyl groups is 1. The highest BCUT2D eigenvalue weighted by atomic mass is 16.5. The highest BCUT2D eigenvalue weighted by Gasteiger charge is 2.51. The third-order valence-corrected chi connectivity index (χ3v) is 7.17. The molecule has 0 amide bonds. The normalized spacial score (nSPS) is 30.7. The van der Waals surface area contributed by atoms with E-state index in [2.05, 4.69) is 22.7 Å². The lowest BCUT2D eigenvalue weighted by Gasteiger charge is -2.57. The number of anilines is 1. The second kappa shape index (κ2) is 6.84. The van der Waals surface area contributed by atoms with Gasteiger partial charge in [-0.25, -0.2) is 0 Å². The van der Waals surface area contributed by atoms with Crippen LogP contribution in [0.5, 0.6) is 11.5 Å². The summed E-state index contributed by atoms with van der Waals surface area (Å²) >= 11 is 0. The number of nitrogens with one attached hydrogen (secondary N) is 1. The lowest BCUT2D eigenvalue weighted by atomic mass is 9.48. The molecule has 0 heterocycles. The van der Waals surface area contributed by atoms with E-state index < -0.39 is 0 Å². The van der Waals surface area contributed by atoms with Crippen LogP contribution in [-0.2, 0) is 5.41 Å². The Kier molecular flexibility index (Phi) is 4.30. The summed E-state index contributed by atoms with van der Waals surface area (Å²) in [6.07, 6.45) is 10.0. The smallest absolute Gasteiger partial charge is 0.124 e. The molecule has 2 aromatic carbocycles. The summed E-state index contributed by atoms with van der Waals surface area (Å²) in [7, 11) is 1.65. The van der Waals surface area contributed by atoms with E-state index in [9.17, 15) is 5.11 Å². The van der Waals surface area contributed by atoms with Crippen molar-refractivity contribution in [2.45, 2.75) is 43.9 Å². The molecular weight excluding hydrogens is 348 g/mol. The number of methoxy groups -OCH3 is 1. The van der Waals surface area contributed by atoms with Gasteiger partial charge in [0.2, 0.25) is 0 Å². The van der Waals surface area contributed by atoms with E-state index in [1.807, 2.05) is 30.3 Å². The minimum atomic E-state index is 0.286. The Morgan fingerprint density at radius 1 is 1.00 bits per heavy atom. The Balaban J connectivity index is 1.36. The third kappa shape index (κ3) is 3.15. The molecule has 28 heavy (non-hydrogen) atoms. The van der Waals surface area contributed by atoms with Gasteiger partial charge in [0.05, 0.1) is 19.0 Å². The van der Waals surface area contributed by atoms with Gasteiger partial charge in [-0.2, -0.15) is 5.10 Å². The molecule has 0 aromatic heterocycles. The van der Waals surface area contributed by atoms with Gasteiger partial charge in [-0.3, -0.25) is 5.43 Å². The van der Waals surface area contributed by atoms with Crippen LogP contribution in [0.1, 0.15) is 49.7 Å². The average Bonchev–Trinajstić information content (AvgIpc) is 2.69. The zero-order chi connectivity index (χ0) is 19.1. The number of hydrazone groups is 1. The van der Waals surface area contributed by atoms with Gasteiger partial charge in [0.15, 0.2) is 0 Å². The zero-order valence-corrected chi connectivity index (χ0v) is 16.4. The Hall–Kier alpha value is -2.49. The van der Waals surface area contributed by atoms with Gasteiger partial charge in [0.1, 0.15) is 11.5 Å². The second-order valence-electron chi connectivity index (χ2n) is 9.07.